The average molecular weight is 650 g/mol. The predicted molar refractivity (Wildman–Crippen MR) is 155 cm³/mol. The molecule has 4 aromatic rings. The lowest BCUT2D eigenvalue weighted by atomic mass is 10.1. The summed E-state index contributed by atoms with van der Waals surface area (Å²) in [5, 5.41) is 19.7. The Labute approximate surface area is 255 Å². The van der Waals surface area contributed by atoms with Gasteiger partial charge in [-0.05, 0) is 88.0 Å². The van der Waals surface area contributed by atoms with E-state index in [0.29, 0.717) is 30.5 Å². The van der Waals surface area contributed by atoms with Crippen LogP contribution >= 0.6 is 11.3 Å². The second-order valence-corrected chi connectivity index (χ2v) is 12.8. The first-order valence-electron chi connectivity index (χ1n) is 13.4. The lowest BCUT2D eigenvalue weighted by molar-refractivity contribution is -0.462. The molecular formula is C28H28F3N6O5S2+. The minimum atomic E-state index is -4.82. The number of alkyl halides is 3. The molecule has 0 spiro atoms. The number of amides is 1. The molecule has 11 nitrogen and oxygen atoms in total. The number of benzene rings is 2. The van der Waals surface area contributed by atoms with Crippen LogP contribution in [-0.2, 0) is 40.3 Å². The first-order chi connectivity index (χ1) is 20.8. The van der Waals surface area contributed by atoms with Crippen LogP contribution in [0.5, 0.6) is 5.75 Å². The fraction of sp³-hybridized carbons (Fsp3) is 0.321. The van der Waals surface area contributed by atoms with E-state index in [4.69, 9.17) is 0 Å². The van der Waals surface area contributed by atoms with Crippen LogP contribution in [0.25, 0.3) is 0 Å². The number of carbonyl (C=O) groups is 1. The van der Waals surface area contributed by atoms with E-state index in [2.05, 4.69) is 30.4 Å². The molecule has 1 amide bonds. The van der Waals surface area contributed by atoms with Gasteiger partial charge in [0.15, 0.2) is 15.7 Å². The molecule has 0 bridgehead atoms. The first kappa shape index (κ1) is 32.6. The number of rotatable bonds is 14. The zero-order valence-corrected chi connectivity index (χ0v) is 25.1. The Morgan fingerprint density at radius 2 is 1.68 bits per heavy atom. The van der Waals surface area contributed by atoms with Crippen molar-refractivity contribution in [1.29, 1.82) is 0 Å². The van der Waals surface area contributed by atoms with Gasteiger partial charge in [0, 0.05) is 19.1 Å². The van der Waals surface area contributed by atoms with Crippen LogP contribution < -0.4 is 10.1 Å². The summed E-state index contributed by atoms with van der Waals surface area (Å²) >= 11 is 1.21. The van der Waals surface area contributed by atoms with Crippen molar-refractivity contribution in [1.82, 2.24) is 20.4 Å². The molecule has 0 aliphatic heterocycles. The summed E-state index contributed by atoms with van der Waals surface area (Å²) in [5.74, 6) is -0.656. The SMILES string of the molecule is CS(=O)(=O)c1cccc(CC[N+](=O)c2nnc(CCCCc3ccc(NC(=O)Cc4cccc(OC(F)(F)F)c4)nn3)s2)c1. The summed E-state index contributed by atoms with van der Waals surface area (Å²) in [5.41, 5.74) is 1.79. The number of halogens is 3. The smallest absolute Gasteiger partial charge is 0.406 e. The van der Waals surface area contributed by atoms with Gasteiger partial charge in [0.25, 0.3) is 0 Å². The summed E-state index contributed by atoms with van der Waals surface area (Å²) in [4.78, 5) is 25.0. The van der Waals surface area contributed by atoms with Gasteiger partial charge in [0.1, 0.15) is 17.3 Å². The predicted octanol–water partition coefficient (Wildman–Crippen LogP) is 5.03. The molecule has 232 valence electrons. The van der Waals surface area contributed by atoms with Crippen molar-refractivity contribution in [2.24, 2.45) is 0 Å². The van der Waals surface area contributed by atoms with E-state index in [1.54, 1.807) is 30.3 Å². The Morgan fingerprint density at radius 1 is 0.932 bits per heavy atom. The topological polar surface area (TPSA) is 144 Å². The minimum absolute atomic E-state index is 0.112. The molecule has 0 atom stereocenters. The molecule has 0 unspecified atom stereocenters. The van der Waals surface area contributed by atoms with Crippen LogP contribution in [-0.4, -0.2) is 58.6 Å². The zero-order valence-electron chi connectivity index (χ0n) is 23.5. The van der Waals surface area contributed by atoms with Gasteiger partial charge in [0.2, 0.25) is 5.91 Å². The van der Waals surface area contributed by atoms with Crippen LogP contribution in [0, 0.1) is 4.91 Å². The molecule has 0 aliphatic rings. The van der Waals surface area contributed by atoms with E-state index in [1.165, 1.54) is 29.5 Å². The second kappa shape index (κ2) is 14.4. The molecule has 16 heteroatoms. The summed E-state index contributed by atoms with van der Waals surface area (Å²) < 4.78 is 65.3. The van der Waals surface area contributed by atoms with Gasteiger partial charge in [-0.2, -0.15) is 5.10 Å². The van der Waals surface area contributed by atoms with E-state index in [0.717, 1.165) is 46.6 Å². The molecule has 2 aromatic heterocycles. The molecule has 0 radical (unpaired) electrons. The standard InChI is InChI=1S/C28H27F3N6O5S2/c1-44(40,41)23-10-5-6-19(17-23)14-15-37(39)27-36-35-26(43-27)11-3-2-8-21-12-13-24(34-33-21)32-25(38)18-20-7-4-9-22(16-20)42-28(29,30)31/h4-7,9-10,12-13,16-17H,2-3,8,11,14-15,18H2,1H3/p+1. The maximum absolute atomic E-state index is 12.5. The van der Waals surface area contributed by atoms with E-state index >= 15 is 0 Å². The normalized spacial score (nSPS) is 11.7. The van der Waals surface area contributed by atoms with Crippen LogP contribution in [0.3, 0.4) is 0 Å². The summed E-state index contributed by atoms with van der Waals surface area (Å²) in [6.07, 6.45) is -0.711. The number of aryl methyl sites for hydroxylation is 2. The molecule has 2 aromatic carbocycles. The largest absolute Gasteiger partial charge is 0.573 e. The molecule has 0 saturated carbocycles. The molecule has 0 aliphatic carbocycles. The van der Waals surface area contributed by atoms with Crippen LogP contribution in [0.15, 0.2) is 65.6 Å². The van der Waals surface area contributed by atoms with Gasteiger partial charge < -0.3 is 10.1 Å². The fourth-order valence-corrected chi connectivity index (χ4v) is 5.58. The number of aromatic nitrogens is 4. The van der Waals surface area contributed by atoms with Crippen molar-refractivity contribution in [3.63, 3.8) is 0 Å². The number of hydrogen-bond acceptors (Lipinski definition) is 10. The molecule has 44 heavy (non-hydrogen) atoms. The van der Waals surface area contributed by atoms with Gasteiger partial charge in [-0.25, -0.2) is 8.42 Å². The molecule has 2 heterocycles. The quantitative estimate of drug-likeness (QED) is 0.147. The summed E-state index contributed by atoms with van der Waals surface area (Å²) in [6.45, 7) is 0.112. The number of anilines is 1. The zero-order chi connectivity index (χ0) is 31.7. The third-order valence-electron chi connectivity index (χ3n) is 6.16. The van der Waals surface area contributed by atoms with Crippen LogP contribution in [0.4, 0.5) is 24.1 Å². The Balaban J connectivity index is 1.17. The van der Waals surface area contributed by atoms with E-state index < -0.39 is 27.9 Å². The highest BCUT2D eigenvalue weighted by molar-refractivity contribution is 7.90. The number of unbranched alkanes of at least 4 members (excludes halogenated alkanes) is 1. The number of nitrogens with zero attached hydrogens (tertiary/aromatic N) is 5. The summed E-state index contributed by atoms with van der Waals surface area (Å²) in [6, 6.07) is 15.0. The van der Waals surface area contributed by atoms with Gasteiger partial charge in [0.05, 0.1) is 22.1 Å². The number of nitroso groups, excluding NO2 is 1. The van der Waals surface area contributed by atoms with Crippen LogP contribution in [0.1, 0.15) is 34.7 Å². The Hall–Kier alpha value is -4.31. The number of nitrogens with one attached hydrogen (secondary N) is 1. The highest BCUT2D eigenvalue weighted by Crippen LogP contribution is 2.24. The third-order valence-corrected chi connectivity index (χ3v) is 8.26. The number of carbonyl (C=O) groups excluding carboxylic acids is 1. The highest BCUT2D eigenvalue weighted by atomic mass is 32.2. The monoisotopic (exact) mass is 649 g/mol. The first-order valence-corrected chi connectivity index (χ1v) is 16.1. The minimum Gasteiger partial charge on any atom is -0.406 e. The Kier molecular flexibility index (Phi) is 10.7. The van der Waals surface area contributed by atoms with Crippen molar-refractivity contribution in [2.45, 2.75) is 49.8 Å². The molecule has 1 N–H and O–H groups in total. The number of sulfone groups is 1. The van der Waals surface area contributed by atoms with E-state index in [-0.39, 0.29) is 28.8 Å². The Bertz CT molecular complexity index is 1710. The molecule has 0 saturated heterocycles. The van der Waals surface area contributed by atoms with Crippen molar-refractivity contribution in [3.8, 4) is 5.75 Å². The average Bonchev–Trinajstić information content (AvgIpc) is 3.43. The third kappa shape index (κ3) is 10.4. The fourth-order valence-electron chi connectivity index (χ4n) is 4.07. The molecule has 0 fully saturated rings. The lowest BCUT2D eigenvalue weighted by Crippen LogP contribution is -2.18. The van der Waals surface area contributed by atoms with Crippen molar-refractivity contribution < 1.29 is 35.9 Å². The molecule has 4 rings (SSSR count). The Morgan fingerprint density at radius 3 is 2.41 bits per heavy atom. The lowest BCUT2D eigenvalue weighted by Gasteiger charge is -2.10. The highest BCUT2D eigenvalue weighted by Gasteiger charge is 2.31. The van der Waals surface area contributed by atoms with E-state index in [9.17, 15) is 31.3 Å². The van der Waals surface area contributed by atoms with Crippen molar-refractivity contribution in [3.05, 3.63) is 87.4 Å². The second-order valence-electron chi connectivity index (χ2n) is 9.79. The van der Waals surface area contributed by atoms with Crippen molar-refractivity contribution >= 4 is 38.0 Å². The van der Waals surface area contributed by atoms with Gasteiger partial charge in [-0.3, -0.25) is 4.79 Å². The summed E-state index contributed by atoms with van der Waals surface area (Å²) in [7, 11) is -3.33. The maximum atomic E-state index is 12.5. The number of hydrogen-bond donors (Lipinski definition) is 1. The van der Waals surface area contributed by atoms with Crippen LogP contribution in [0.2, 0.25) is 0 Å². The van der Waals surface area contributed by atoms with Gasteiger partial charge in [-0.1, -0.05) is 29.2 Å². The number of ether oxygens (including phenoxy) is 1. The maximum Gasteiger partial charge on any atom is 0.573 e. The van der Waals surface area contributed by atoms with E-state index in [1.807, 2.05) is 0 Å². The van der Waals surface area contributed by atoms with Gasteiger partial charge >= 0.3 is 11.5 Å². The van der Waals surface area contributed by atoms with Gasteiger partial charge in [-0.15, -0.1) is 18.3 Å². The van der Waals surface area contributed by atoms with Crippen molar-refractivity contribution in [2.75, 3.05) is 18.1 Å². The molecular weight excluding hydrogens is 621 g/mol.